The fraction of sp³-hybridized carbons (Fsp3) is 0.333. The number of nitrogens with two attached hydrogens (primary N) is 1. The van der Waals surface area contributed by atoms with Crippen LogP contribution in [0.3, 0.4) is 0 Å². The maximum atomic E-state index is 12.4. The van der Waals surface area contributed by atoms with Crippen LogP contribution in [0.2, 0.25) is 0 Å². The zero-order valence-electron chi connectivity index (χ0n) is 19.0. The van der Waals surface area contributed by atoms with E-state index in [9.17, 15) is 4.79 Å². The highest BCUT2D eigenvalue weighted by molar-refractivity contribution is 5.81. The van der Waals surface area contributed by atoms with E-state index < -0.39 is 0 Å². The molecule has 0 bridgehead atoms. The molecule has 4 heterocycles. The minimum atomic E-state index is -0.277. The molecule has 5 rings (SSSR count). The summed E-state index contributed by atoms with van der Waals surface area (Å²) in [5.41, 5.74) is 8.48. The summed E-state index contributed by atoms with van der Waals surface area (Å²) in [5.74, 6) is 2.01. The van der Waals surface area contributed by atoms with Crippen molar-refractivity contribution in [1.29, 1.82) is 0 Å². The molecule has 1 saturated heterocycles. The molecule has 0 radical (unpaired) electrons. The SMILES string of the molecule is Cc1nc(N)c2[nH]c(=O)n(Cc3ccc(Oc4cccc(CNC5CCNCC5)n4)cc3)c2n1. The van der Waals surface area contributed by atoms with Crippen LogP contribution in [0.1, 0.15) is 29.9 Å². The van der Waals surface area contributed by atoms with Crippen LogP contribution in [0.4, 0.5) is 5.82 Å². The highest BCUT2D eigenvalue weighted by Crippen LogP contribution is 2.21. The summed E-state index contributed by atoms with van der Waals surface area (Å²) in [6.07, 6.45) is 2.26. The summed E-state index contributed by atoms with van der Waals surface area (Å²) in [6, 6.07) is 13.9. The number of benzene rings is 1. The van der Waals surface area contributed by atoms with Gasteiger partial charge in [-0.2, -0.15) is 0 Å². The van der Waals surface area contributed by atoms with Crippen molar-refractivity contribution in [2.24, 2.45) is 0 Å². The van der Waals surface area contributed by atoms with Crippen molar-refractivity contribution in [3.05, 3.63) is 70.0 Å². The van der Waals surface area contributed by atoms with Crippen LogP contribution in [0.15, 0.2) is 47.3 Å². The van der Waals surface area contributed by atoms with Crippen molar-refractivity contribution in [2.45, 2.75) is 38.9 Å². The summed E-state index contributed by atoms with van der Waals surface area (Å²) >= 11 is 0. The van der Waals surface area contributed by atoms with E-state index in [1.54, 1.807) is 11.5 Å². The summed E-state index contributed by atoms with van der Waals surface area (Å²) in [4.78, 5) is 28.3. The molecule has 1 aliphatic heterocycles. The Kier molecular flexibility index (Phi) is 6.24. The van der Waals surface area contributed by atoms with Gasteiger partial charge in [0.15, 0.2) is 11.5 Å². The Morgan fingerprint density at radius 1 is 1.12 bits per heavy atom. The molecule has 1 aromatic carbocycles. The van der Waals surface area contributed by atoms with E-state index in [0.29, 0.717) is 47.7 Å². The van der Waals surface area contributed by atoms with Crippen molar-refractivity contribution in [3.8, 4) is 11.6 Å². The largest absolute Gasteiger partial charge is 0.439 e. The van der Waals surface area contributed by atoms with Gasteiger partial charge in [-0.15, -0.1) is 0 Å². The number of imidazole rings is 1. The highest BCUT2D eigenvalue weighted by atomic mass is 16.5. The zero-order chi connectivity index (χ0) is 23.5. The van der Waals surface area contributed by atoms with Crippen LogP contribution in [0.5, 0.6) is 11.6 Å². The van der Waals surface area contributed by atoms with Crippen molar-refractivity contribution in [2.75, 3.05) is 18.8 Å². The Morgan fingerprint density at radius 3 is 2.71 bits per heavy atom. The molecule has 176 valence electrons. The Labute approximate surface area is 196 Å². The average Bonchev–Trinajstić information content (AvgIpc) is 3.15. The number of ether oxygens (including phenoxy) is 1. The number of pyridine rings is 1. The summed E-state index contributed by atoms with van der Waals surface area (Å²) in [6.45, 7) is 4.93. The van der Waals surface area contributed by atoms with E-state index in [-0.39, 0.29) is 11.5 Å². The van der Waals surface area contributed by atoms with Crippen LogP contribution in [-0.4, -0.2) is 43.6 Å². The zero-order valence-corrected chi connectivity index (χ0v) is 19.0. The number of fused-ring (bicyclic) bond motifs is 1. The van der Waals surface area contributed by atoms with E-state index in [1.807, 2.05) is 42.5 Å². The summed E-state index contributed by atoms with van der Waals surface area (Å²) < 4.78 is 7.52. The van der Waals surface area contributed by atoms with Crippen molar-refractivity contribution in [3.63, 3.8) is 0 Å². The number of aromatic amines is 1. The molecule has 0 atom stereocenters. The van der Waals surface area contributed by atoms with E-state index in [4.69, 9.17) is 10.5 Å². The van der Waals surface area contributed by atoms with Gasteiger partial charge in [0, 0.05) is 18.7 Å². The van der Waals surface area contributed by atoms with E-state index in [2.05, 4.69) is 30.6 Å². The molecule has 4 aromatic rings. The molecule has 0 saturated carbocycles. The predicted octanol–water partition coefficient (Wildman–Crippen LogP) is 2.09. The number of aryl methyl sites for hydroxylation is 1. The van der Waals surface area contributed by atoms with Crippen LogP contribution >= 0.6 is 0 Å². The van der Waals surface area contributed by atoms with E-state index in [1.165, 1.54) is 0 Å². The molecule has 0 amide bonds. The Morgan fingerprint density at radius 2 is 1.91 bits per heavy atom. The Balaban J connectivity index is 1.25. The third kappa shape index (κ3) is 4.92. The molecule has 3 aromatic heterocycles. The molecule has 1 aliphatic rings. The first-order chi connectivity index (χ1) is 16.5. The van der Waals surface area contributed by atoms with Crippen molar-refractivity contribution in [1.82, 2.24) is 35.1 Å². The maximum Gasteiger partial charge on any atom is 0.328 e. The number of piperidine rings is 1. The molecule has 0 aliphatic carbocycles. The standard InChI is InChI=1S/C24H28N8O2/c1-15-28-22(25)21-23(29-15)32(24(33)31-21)14-16-5-7-19(8-6-16)34-20-4-2-3-18(30-20)13-27-17-9-11-26-12-10-17/h2-8,17,26-27H,9-14H2,1H3,(H,31,33)(H2,25,28,29). The second-order valence-corrected chi connectivity index (χ2v) is 8.49. The molecule has 10 heteroatoms. The van der Waals surface area contributed by atoms with E-state index >= 15 is 0 Å². The third-order valence-electron chi connectivity index (χ3n) is 5.94. The van der Waals surface area contributed by atoms with Gasteiger partial charge < -0.3 is 26.1 Å². The summed E-state index contributed by atoms with van der Waals surface area (Å²) in [5, 5.41) is 6.95. The first-order valence-corrected chi connectivity index (χ1v) is 11.4. The third-order valence-corrected chi connectivity index (χ3v) is 5.94. The number of anilines is 1. The molecule has 1 fully saturated rings. The quantitative estimate of drug-likeness (QED) is 0.329. The molecule has 34 heavy (non-hydrogen) atoms. The predicted molar refractivity (Wildman–Crippen MR) is 130 cm³/mol. The van der Waals surface area contributed by atoms with Crippen LogP contribution < -0.4 is 26.8 Å². The molecule has 10 nitrogen and oxygen atoms in total. The minimum Gasteiger partial charge on any atom is -0.439 e. The smallest absolute Gasteiger partial charge is 0.328 e. The van der Waals surface area contributed by atoms with Gasteiger partial charge in [0.25, 0.3) is 0 Å². The first kappa shape index (κ1) is 22.1. The monoisotopic (exact) mass is 460 g/mol. The van der Waals surface area contributed by atoms with Gasteiger partial charge in [0.1, 0.15) is 17.1 Å². The number of nitrogen functional groups attached to an aromatic ring is 1. The number of aromatic nitrogens is 5. The molecule has 0 unspecified atom stereocenters. The summed E-state index contributed by atoms with van der Waals surface area (Å²) in [7, 11) is 0. The Hall–Kier alpha value is -3.76. The number of hydrogen-bond acceptors (Lipinski definition) is 8. The molecule has 0 spiro atoms. The van der Waals surface area contributed by atoms with Crippen molar-refractivity contribution < 1.29 is 4.74 Å². The maximum absolute atomic E-state index is 12.4. The van der Waals surface area contributed by atoms with Gasteiger partial charge in [-0.3, -0.25) is 4.57 Å². The number of nitrogens with one attached hydrogen (secondary N) is 3. The second kappa shape index (κ2) is 9.62. The van der Waals surface area contributed by atoms with E-state index in [0.717, 1.165) is 37.2 Å². The molecular formula is C24H28N8O2. The van der Waals surface area contributed by atoms with Crippen LogP contribution in [0, 0.1) is 6.92 Å². The normalized spacial score (nSPS) is 14.5. The lowest BCUT2D eigenvalue weighted by atomic mass is 10.1. The number of H-pyrrole nitrogens is 1. The lowest BCUT2D eigenvalue weighted by Crippen LogP contribution is -2.39. The lowest BCUT2D eigenvalue weighted by molar-refractivity contribution is 0.383. The van der Waals surface area contributed by atoms with Gasteiger partial charge in [-0.25, -0.2) is 19.7 Å². The number of hydrogen-bond donors (Lipinski definition) is 4. The van der Waals surface area contributed by atoms with Gasteiger partial charge in [-0.05, 0) is 56.6 Å². The fourth-order valence-electron chi connectivity index (χ4n) is 4.17. The van der Waals surface area contributed by atoms with Gasteiger partial charge in [-0.1, -0.05) is 18.2 Å². The topological polar surface area (TPSA) is 136 Å². The van der Waals surface area contributed by atoms with Crippen LogP contribution in [-0.2, 0) is 13.1 Å². The molecule has 5 N–H and O–H groups in total. The fourth-order valence-corrected chi connectivity index (χ4v) is 4.17. The van der Waals surface area contributed by atoms with Gasteiger partial charge in [0.2, 0.25) is 5.88 Å². The Bertz CT molecular complexity index is 1340. The highest BCUT2D eigenvalue weighted by Gasteiger charge is 2.14. The first-order valence-electron chi connectivity index (χ1n) is 11.4. The minimum absolute atomic E-state index is 0.266. The number of nitrogens with zero attached hydrogens (tertiary/aromatic N) is 4. The van der Waals surface area contributed by atoms with Gasteiger partial charge in [0.05, 0.1) is 12.2 Å². The lowest BCUT2D eigenvalue weighted by Gasteiger charge is -2.23. The second-order valence-electron chi connectivity index (χ2n) is 8.49. The van der Waals surface area contributed by atoms with Crippen molar-refractivity contribution >= 4 is 17.0 Å². The van der Waals surface area contributed by atoms with Gasteiger partial charge >= 0.3 is 5.69 Å². The molecular weight excluding hydrogens is 432 g/mol. The number of rotatable bonds is 7. The van der Waals surface area contributed by atoms with Crippen LogP contribution in [0.25, 0.3) is 11.2 Å². The average molecular weight is 461 g/mol.